The molecule has 0 N–H and O–H groups in total. The maximum Gasteiger partial charge on any atom is 0.255 e. The van der Waals surface area contributed by atoms with Gasteiger partial charge in [-0.3, -0.25) is 4.79 Å². The molecule has 18 heavy (non-hydrogen) atoms. The second kappa shape index (κ2) is 6.55. The van der Waals surface area contributed by atoms with E-state index in [4.69, 9.17) is 5.26 Å². The van der Waals surface area contributed by atoms with Crippen molar-refractivity contribution < 1.29 is 4.79 Å². The van der Waals surface area contributed by atoms with Gasteiger partial charge in [0.25, 0.3) is 5.91 Å². The van der Waals surface area contributed by atoms with Crippen molar-refractivity contribution in [3.05, 3.63) is 33.8 Å². The van der Waals surface area contributed by atoms with E-state index in [1.807, 2.05) is 39.0 Å². The molecule has 1 aromatic rings. The van der Waals surface area contributed by atoms with Gasteiger partial charge in [-0.2, -0.15) is 5.26 Å². The fraction of sp³-hybridized carbons (Fsp3) is 0.429. The Balaban J connectivity index is 3.02. The number of carbonyl (C=O) groups excluding carboxylic acids is 1. The number of aryl methyl sites for hydroxylation is 1. The Bertz CT molecular complexity index is 477. The first-order chi connectivity index (χ1) is 8.47. The molecule has 0 bridgehead atoms. The van der Waals surface area contributed by atoms with Crippen molar-refractivity contribution in [3.63, 3.8) is 0 Å². The number of rotatable bonds is 4. The number of hydrogen-bond donors (Lipinski definition) is 0. The molecule has 0 heterocycles. The molecule has 0 fully saturated rings. The first kappa shape index (κ1) is 14.7. The molecule has 0 aliphatic rings. The van der Waals surface area contributed by atoms with Crippen molar-refractivity contribution in [2.75, 3.05) is 6.54 Å². The highest BCUT2D eigenvalue weighted by Crippen LogP contribution is 2.21. The minimum Gasteiger partial charge on any atom is -0.335 e. The minimum atomic E-state index is -0.0316. The predicted octanol–water partition coefficient (Wildman–Crippen LogP) is 3.52. The lowest BCUT2D eigenvalue weighted by Gasteiger charge is -2.26. The molecule has 0 atom stereocenters. The molecule has 3 nitrogen and oxygen atoms in total. The first-order valence-corrected chi connectivity index (χ1v) is 6.70. The number of amides is 1. The van der Waals surface area contributed by atoms with Crippen molar-refractivity contribution in [2.45, 2.75) is 33.2 Å². The minimum absolute atomic E-state index is 0.0316. The Morgan fingerprint density at radius 3 is 2.72 bits per heavy atom. The topological polar surface area (TPSA) is 44.1 Å². The van der Waals surface area contributed by atoms with Crippen LogP contribution in [-0.4, -0.2) is 23.4 Å². The molecule has 4 heteroatoms. The predicted molar refractivity (Wildman–Crippen MR) is 75.3 cm³/mol. The van der Waals surface area contributed by atoms with E-state index in [9.17, 15) is 4.79 Å². The smallest absolute Gasteiger partial charge is 0.255 e. The third-order valence-electron chi connectivity index (χ3n) is 2.70. The summed E-state index contributed by atoms with van der Waals surface area (Å²) in [6.07, 6.45) is 0.355. The molecule has 0 aliphatic heterocycles. The van der Waals surface area contributed by atoms with E-state index in [1.54, 1.807) is 4.90 Å². The Morgan fingerprint density at radius 2 is 2.17 bits per heavy atom. The van der Waals surface area contributed by atoms with Gasteiger partial charge in [-0.25, -0.2) is 0 Å². The highest BCUT2D eigenvalue weighted by molar-refractivity contribution is 9.10. The van der Waals surface area contributed by atoms with Crippen LogP contribution in [0.2, 0.25) is 0 Å². The lowest BCUT2D eigenvalue weighted by molar-refractivity contribution is 0.0709. The molecule has 1 amide bonds. The number of benzene rings is 1. The van der Waals surface area contributed by atoms with Gasteiger partial charge in [-0.1, -0.05) is 11.6 Å². The summed E-state index contributed by atoms with van der Waals surface area (Å²) in [5.41, 5.74) is 1.70. The number of nitrogens with zero attached hydrogens (tertiary/aromatic N) is 2. The van der Waals surface area contributed by atoms with E-state index in [0.717, 1.165) is 10.0 Å². The van der Waals surface area contributed by atoms with Crippen LogP contribution in [0.3, 0.4) is 0 Å². The standard InChI is InChI=1S/C14H17BrN2O/c1-10(2)17(8-4-7-16)14(18)12-9-11(3)5-6-13(12)15/h5-6,9-10H,4,8H2,1-3H3. The lowest BCUT2D eigenvalue weighted by atomic mass is 10.1. The van der Waals surface area contributed by atoms with Crippen LogP contribution in [0.4, 0.5) is 0 Å². The maximum atomic E-state index is 12.5. The van der Waals surface area contributed by atoms with Gasteiger partial charge in [-0.15, -0.1) is 0 Å². The van der Waals surface area contributed by atoms with E-state index in [1.165, 1.54) is 0 Å². The van der Waals surface area contributed by atoms with Gasteiger partial charge in [0.15, 0.2) is 0 Å². The zero-order valence-corrected chi connectivity index (χ0v) is 12.5. The second-order valence-corrected chi connectivity index (χ2v) is 5.34. The van der Waals surface area contributed by atoms with Crippen molar-refractivity contribution >= 4 is 21.8 Å². The van der Waals surface area contributed by atoms with Crippen LogP contribution in [0.1, 0.15) is 36.2 Å². The van der Waals surface area contributed by atoms with Crippen LogP contribution in [0.5, 0.6) is 0 Å². The van der Waals surface area contributed by atoms with E-state index >= 15 is 0 Å². The largest absolute Gasteiger partial charge is 0.335 e. The Labute approximate surface area is 117 Å². The highest BCUT2D eigenvalue weighted by atomic mass is 79.9. The normalized spacial score (nSPS) is 10.2. The third kappa shape index (κ3) is 3.58. The molecule has 0 spiro atoms. The summed E-state index contributed by atoms with van der Waals surface area (Å²) in [6.45, 7) is 6.34. The van der Waals surface area contributed by atoms with E-state index in [2.05, 4.69) is 22.0 Å². The molecular formula is C14H17BrN2O. The average molecular weight is 309 g/mol. The van der Waals surface area contributed by atoms with Crippen LogP contribution in [-0.2, 0) is 0 Å². The highest BCUT2D eigenvalue weighted by Gasteiger charge is 2.20. The molecule has 0 aromatic heterocycles. The van der Waals surface area contributed by atoms with E-state index in [0.29, 0.717) is 18.5 Å². The van der Waals surface area contributed by atoms with Crippen LogP contribution in [0.15, 0.2) is 22.7 Å². The summed E-state index contributed by atoms with van der Waals surface area (Å²) in [4.78, 5) is 14.2. The summed E-state index contributed by atoms with van der Waals surface area (Å²) in [5, 5.41) is 8.65. The molecule has 96 valence electrons. The Kier molecular flexibility index (Phi) is 5.36. The number of nitriles is 1. The zero-order chi connectivity index (χ0) is 13.7. The summed E-state index contributed by atoms with van der Waals surface area (Å²) in [7, 11) is 0. The number of halogens is 1. The third-order valence-corrected chi connectivity index (χ3v) is 3.39. The van der Waals surface area contributed by atoms with Gasteiger partial charge in [-0.05, 0) is 48.8 Å². The van der Waals surface area contributed by atoms with Crippen LogP contribution in [0.25, 0.3) is 0 Å². The van der Waals surface area contributed by atoms with Gasteiger partial charge in [0.1, 0.15) is 0 Å². The van der Waals surface area contributed by atoms with Crippen molar-refractivity contribution in [2.24, 2.45) is 0 Å². The van der Waals surface area contributed by atoms with Crippen LogP contribution in [0, 0.1) is 18.3 Å². The van der Waals surface area contributed by atoms with E-state index in [-0.39, 0.29) is 11.9 Å². The summed E-state index contributed by atoms with van der Waals surface area (Å²) in [6, 6.07) is 7.87. The summed E-state index contributed by atoms with van der Waals surface area (Å²) in [5.74, 6) is -0.0316. The SMILES string of the molecule is Cc1ccc(Br)c(C(=O)N(CCC#N)C(C)C)c1. The fourth-order valence-electron chi connectivity index (χ4n) is 1.72. The molecule has 0 saturated heterocycles. The van der Waals surface area contributed by atoms with Gasteiger partial charge >= 0.3 is 0 Å². The Hall–Kier alpha value is -1.34. The average Bonchev–Trinajstić information content (AvgIpc) is 2.32. The molecule has 1 rings (SSSR count). The molecule has 0 radical (unpaired) electrons. The molecule has 0 aliphatic carbocycles. The lowest BCUT2D eigenvalue weighted by Crippen LogP contribution is -2.37. The van der Waals surface area contributed by atoms with Gasteiger partial charge in [0.2, 0.25) is 0 Å². The van der Waals surface area contributed by atoms with Gasteiger partial charge < -0.3 is 4.90 Å². The molecule has 0 saturated carbocycles. The maximum absolute atomic E-state index is 12.5. The quantitative estimate of drug-likeness (QED) is 0.854. The number of carbonyl (C=O) groups is 1. The molecular weight excluding hydrogens is 292 g/mol. The van der Waals surface area contributed by atoms with Crippen molar-refractivity contribution in [1.82, 2.24) is 4.90 Å². The number of hydrogen-bond acceptors (Lipinski definition) is 2. The monoisotopic (exact) mass is 308 g/mol. The Morgan fingerprint density at radius 1 is 1.50 bits per heavy atom. The zero-order valence-electron chi connectivity index (χ0n) is 10.9. The van der Waals surface area contributed by atoms with Gasteiger partial charge in [0, 0.05) is 17.1 Å². The fourth-order valence-corrected chi connectivity index (χ4v) is 2.14. The van der Waals surface area contributed by atoms with Crippen molar-refractivity contribution in [3.8, 4) is 6.07 Å². The second-order valence-electron chi connectivity index (χ2n) is 4.48. The van der Waals surface area contributed by atoms with Gasteiger partial charge in [0.05, 0.1) is 18.1 Å². The van der Waals surface area contributed by atoms with Crippen LogP contribution >= 0.6 is 15.9 Å². The first-order valence-electron chi connectivity index (χ1n) is 5.91. The summed E-state index contributed by atoms with van der Waals surface area (Å²) < 4.78 is 0.792. The van der Waals surface area contributed by atoms with E-state index < -0.39 is 0 Å². The van der Waals surface area contributed by atoms with Crippen molar-refractivity contribution in [1.29, 1.82) is 5.26 Å². The summed E-state index contributed by atoms with van der Waals surface area (Å²) >= 11 is 3.40. The van der Waals surface area contributed by atoms with Crippen LogP contribution < -0.4 is 0 Å². The molecule has 1 aromatic carbocycles. The molecule has 0 unspecified atom stereocenters.